The maximum absolute atomic E-state index is 15.9. The van der Waals surface area contributed by atoms with Crippen molar-refractivity contribution in [2.75, 3.05) is 18.1 Å². The van der Waals surface area contributed by atoms with Crippen LogP contribution in [0.3, 0.4) is 0 Å². The molecule has 1 unspecified atom stereocenters. The molecule has 0 fully saturated rings. The fourth-order valence-electron chi connectivity index (χ4n) is 7.28. The Labute approximate surface area is 292 Å². The van der Waals surface area contributed by atoms with Crippen LogP contribution in [-0.2, 0) is 44.7 Å². The number of aromatic amines is 1. The molecular weight excluding hydrogens is 658 g/mol. The molecule has 12 heteroatoms. The molecule has 0 saturated heterocycles. The van der Waals surface area contributed by atoms with E-state index in [0.29, 0.717) is 65.2 Å². The first-order valence-electron chi connectivity index (χ1n) is 17.0. The van der Waals surface area contributed by atoms with E-state index in [-0.39, 0.29) is 35.9 Å². The van der Waals surface area contributed by atoms with Crippen LogP contribution in [0.5, 0.6) is 0 Å². The maximum Gasteiger partial charge on any atom is 0.310 e. The third-order valence-corrected chi connectivity index (χ3v) is 11.9. The third kappa shape index (κ3) is 7.22. The van der Waals surface area contributed by atoms with Gasteiger partial charge >= 0.3 is 5.97 Å². The Balaban J connectivity index is 1.49. The Hall–Kier alpha value is -4.42. The summed E-state index contributed by atoms with van der Waals surface area (Å²) in [5, 5.41) is 17.3. The number of aromatic nitrogens is 5. The number of esters is 1. The lowest BCUT2D eigenvalue weighted by Gasteiger charge is -2.30. The van der Waals surface area contributed by atoms with E-state index >= 15 is 4.39 Å². The Kier molecular flexibility index (Phi) is 9.71. The zero-order valence-electron chi connectivity index (χ0n) is 29.2. The number of carbonyl (C=O) groups is 1. The number of carbonyl (C=O) groups excluding carboxylic acids is 1. The molecule has 2 aromatic carbocycles. The second-order valence-electron chi connectivity index (χ2n) is 14.3. The number of hydrogen-bond donors (Lipinski definition) is 2. The van der Waals surface area contributed by atoms with Gasteiger partial charge in [-0.25, -0.2) is 22.5 Å². The highest BCUT2D eigenvalue weighted by atomic mass is 32.2. The molecule has 0 radical (unpaired) electrons. The van der Waals surface area contributed by atoms with Gasteiger partial charge < -0.3 is 14.8 Å². The average Bonchev–Trinajstić information content (AvgIpc) is 3.69. The average molecular weight is 702 g/mol. The van der Waals surface area contributed by atoms with Crippen LogP contribution in [0.25, 0.3) is 22.4 Å². The van der Waals surface area contributed by atoms with Gasteiger partial charge in [0.15, 0.2) is 21.5 Å². The fourth-order valence-corrected chi connectivity index (χ4v) is 9.27. The van der Waals surface area contributed by atoms with Crippen molar-refractivity contribution in [2.24, 2.45) is 12.5 Å². The lowest BCUT2D eigenvalue weighted by molar-refractivity contribution is -0.142. The van der Waals surface area contributed by atoms with Gasteiger partial charge in [-0.1, -0.05) is 44.5 Å². The number of halogens is 1. The SMILES string of the molecule is CCOC(=O)Cc1cccc([C@@]2(C)CCCC(C)(C)CS(=O)(=O)CCc3c(c(F)cc4[nH]ccc34)C(O)c3ccnc(c3)-c3nc2nn3C)c1. The van der Waals surface area contributed by atoms with Crippen molar-refractivity contribution in [1.29, 1.82) is 0 Å². The second-order valence-corrected chi connectivity index (χ2v) is 16.5. The smallest absolute Gasteiger partial charge is 0.310 e. The number of hydrogen-bond acceptors (Lipinski definition) is 8. The van der Waals surface area contributed by atoms with Crippen molar-refractivity contribution in [1.82, 2.24) is 24.7 Å². The van der Waals surface area contributed by atoms with Crippen molar-refractivity contribution in [3.63, 3.8) is 0 Å². The van der Waals surface area contributed by atoms with E-state index in [0.717, 1.165) is 11.1 Å². The molecule has 5 aromatic rings. The highest BCUT2D eigenvalue weighted by Gasteiger charge is 2.36. The van der Waals surface area contributed by atoms with Crippen LogP contribution in [0, 0.1) is 11.2 Å². The molecular formula is C38H44FN5O5S. The molecule has 0 amide bonds. The molecule has 0 spiro atoms. The number of aliphatic hydroxyl groups is 1. The molecule has 4 bridgehead atoms. The number of fused-ring (bicyclic) bond motifs is 8. The molecule has 2 N–H and O–H groups in total. The third-order valence-electron chi connectivity index (χ3n) is 9.84. The summed E-state index contributed by atoms with van der Waals surface area (Å²) in [5.41, 5.74) is 2.29. The molecule has 1 aliphatic heterocycles. The van der Waals surface area contributed by atoms with Crippen molar-refractivity contribution in [3.8, 4) is 11.5 Å². The monoisotopic (exact) mass is 701 g/mol. The number of H-pyrrole nitrogens is 1. The minimum Gasteiger partial charge on any atom is -0.466 e. The number of sulfone groups is 1. The van der Waals surface area contributed by atoms with E-state index in [1.165, 1.54) is 12.3 Å². The molecule has 2 atom stereocenters. The molecule has 4 heterocycles. The number of nitrogens with one attached hydrogen (secondary N) is 1. The van der Waals surface area contributed by atoms with Crippen molar-refractivity contribution in [3.05, 3.63) is 100 Å². The van der Waals surface area contributed by atoms with Crippen LogP contribution in [0.4, 0.5) is 4.39 Å². The van der Waals surface area contributed by atoms with Crippen molar-refractivity contribution >= 4 is 26.7 Å². The van der Waals surface area contributed by atoms with Gasteiger partial charge in [0, 0.05) is 35.9 Å². The van der Waals surface area contributed by atoms with Gasteiger partial charge in [0.05, 0.1) is 29.9 Å². The molecule has 10 nitrogen and oxygen atoms in total. The Morgan fingerprint density at radius 2 is 1.94 bits per heavy atom. The standard InChI is InChI=1S/C38H44FN5O5S/c1-6-49-32(45)20-24-9-7-10-26(19-24)38(4)15-8-14-37(2,3)23-50(47,48)18-13-28-27-12-17-40-30(27)22-29(39)33(28)34(46)25-11-16-41-31(21-25)35-42-36(38)43-44(35)5/h7,9-12,16-17,19,21-22,34,40,46H,6,8,13-15,18,20,23H2,1-5H3/t34?,38-/m1/s1. The number of aliphatic hydroxyl groups excluding tert-OH is 1. The predicted molar refractivity (Wildman–Crippen MR) is 190 cm³/mol. The first-order valence-corrected chi connectivity index (χ1v) is 18.8. The Bertz CT molecular complexity index is 2160. The van der Waals surface area contributed by atoms with Gasteiger partial charge in [-0.15, -0.1) is 0 Å². The van der Waals surface area contributed by atoms with E-state index < -0.39 is 32.6 Å². The molecule has 0 aliphatic carbocycles. The quantitative estimate of drug-likeness (QED) is 0.213. The molecule has 6 rings (SSSR count). The van der Waals surface area contributed by atoms with Crippen LogP contribution >= 0.6 is 0 Å². The minimum atomic E-state index is -3.59. The summed E-state index contributed by atoms with van der Waals surface area (Å²) in [7, 11) is -1.81. The van der Waals surface area contributed by atoms with Crippen LogP contribution < -0.4 is 0 Å². The number of nitrogens with zero attached hydrogens (tertiary/aromatic N) is 4. The lowest BCUT2D eigenvalue weighted by atomic mass is 9.75. The molecule has 3 aromatic heterocycles. The first-order chi connectivity index (χ1) is 23.7. The summed E-state index contributed by atoms with van der Waals surface area (Å²) in [6.07, 6.45) is 3.88. The predicted octanol–water partition coefficient (Wildman–Crippen LogP) is 6.16. The van der Waals surface area contributed by atoms with E-state index in [4.69, 9.17) is 14.8 Å². The molecule has 1 aliphatic rings. The maximum atomic E-state index is 15.9. The van der Waals surface area contributed by atoms with Gasteiger partial charge in [0.25, 0.3) is 0 Å². The minimum absolute atomic E-state index is 0.0405. The summed E-state index contributed by atoms with van der Waals surface area (Å²) >= 11 is 0. The topological polar surface area (TPSA) is 140 Å². The van der Waals surface area contributed by atoms with E-state index in [1.807, 2.05) is 38.1 Å². The number of aryl methyl sites for hydroxylation is 2. The molecule has 264 valence electrons. The largest absolute Gasteiger partial charge is 0.466 e. The number of rotatable bonds is 4. The van der Waals surface area contributed by atoms with Crippen LogP contribution in [0.1, 0.15) is 86.7 Å². The summed E-state index contributed by atoms with van der Waals surface area (Å²) in [6.45, 7) is 8.05. The van der Waals surface area contributed by atoms with Crippen LogP contribution in [-0.4, -0.2) is 62.3 Å². The van der Waals surface area contributed by atoms with Crippen LogP contribution in [0.2, 0.25) is 0 Å². The van der Waals surface area contributed by atoms with E-state index in [9.17, 15) is 18.3 Å². The zero-order chi connectivity index (χ0) is 35.8. The summed E-state index contributed by atoms with van der Waals surface area (Å²) in [6, 6.07) is 14.2. The molecule has 50 heavy (non-hydrogen) atoms. The lowest BCUT2D eigenvalue weighted by Crippen LogP contribution is -2.29. The van der Waals surface area contributed by atoms with Gasteiger partial charge in [-0.2, -0.15) is 5.10 Å². The van der Waals surface area contributed by atoms with Crippen LogP contribution in [0.15, 0.2) is 60.9 Å². The van der Waals surface area contributed by atoms with Gasteiger partial charge in [0.2, 0.25) is 0 Å². The van der Waals surface area contributed by atoms with Crippen molar-refractivity contribution < 1.29 is 27.4 Å². The first kappa shape index (κ1) is 35.4. The summed E-state index contributed by atoms with van der Waals surface area (Å²) in [5.74, 6) is -0.172. The van der Waals surface area contributed by atoms with Crippen molar-refractivity contribution in [2.45, 2.75) is 71.3 Å². The highest BCUT2D eigenvalue weighted by molar-refractivity contribution is 7.91. The number of pyridine rings is 1. The van der Waals surface area contributed by atoms with E-state index in [1.54, 1.807) is 43.0 Å². The van der Waals surface area contributed by atoms with Gasteiger partial charge in [-0.3, -0.25) is 9.78 Å². The van der Waals surface area contributed by atoms with E-state index in [2.05, 4.69) is 16.9 Å². The number of ether oxygens (including phenoxy) is 1. The second kappa shape index (κ2) is 13.7. The van der Waals surface area contributed by atoms with Gasteiger partial charge in [0.1, 0.15) is 17.6 Å². The fraction of sp³-hybridized carbons (Fsp3) is 0.421. The molecule has 0 saturated carbocycles. The summed E-state index contributed by atoms with van der Waals surface area (Å²) < 4.78 is 50.1. The number of benzene rings is 2. The normalized spacial score (nSPS) is 20.8. The zero-order valence-corrected chi connectivity index (χ0v) is 30.0. The Morgan fingerprint density at radius 3 is 2.72 bits per heavy atom. The highest BCUT2D eigenvalue weighted by Crippen LogP contribution is 2.40. The summed E-state index contributed by atoms with van der Waals surface area (Å²) in [4.78, 5) is 25.0. The Morgan fingerprint density at radius 1 is 1.14 bits per heavy atom. The van der Waals surface area contributed by atoms with Gasteiger partial charge in [-0.05, 0) is 85.0 Å².